The number of aromatic nitrogens is 2. The molecule has 0 saturated carbocycles. The van der Waals surface area contributed by atoms with Crippen molar-refractivity contribution in [3.63, 3.8) is 0 Å². The summed E-state index contributed by atoms with van der Waals surface area (Å²) in [5.74, 6) is 2.43. The quantitative estimate of drug-likeness (QED) is 0.927. The van der Waals surface area contributed by atoms with E-state index in [0.717, 1.165) is 24.5 Å². The van der Waals surface area contributed by atoms with Gasteiger partial charge in [0.2, 0.25) is 0 Å². The smallest absolute Gasteiger partial charge is 0.133 e. The molecule has 1 aliphatic carbocycles. The first-order chi connectivity index (χ1) is 9.38. The van der Waals surface area contributed by atoms with Gasteiger partial charge in [-0.25, -0.2) is 9.97 Å². The van der Waals surface area contributed by atoms with Crippen LogP contribution in [0.2, 0.25) is 0 Å². The molecule has 112 valence electrons. The van der Waals surface area contributed by atoms with Crippen LogP contribution in [-0.4, -0.2) is 31.2 Å². The Kier molecular flexibility index (Phi) is 4.78. The van der Waals surface area contributed by atoms with Crippen LogP contribution >= 0.6 is 0 Å². The summed E-state index contributed by atoms with van der Waals surface area (Å²) in [7, 11) is -0.824. The minimum Gasteiger partial charge on any atom is -0.369 e. The zero-order chi connectivity index (χ0) is 14.8. The average Bonchev–Trinajstić information content (AvgIpc) is 2.37. The molecule has 0 amide bonds. The Balaban J connectivity index is 2.03. The molecule has 20 heavy (non-hydrogen) atoms. The monoisotopic (exact) mass is 295 g/mol. The molecule has 1 aromatic heterocycles. The molecule has 0 aliphatic heterocycles. The Morgan fingerprint density at radius 1 is 1.20 bits per heavy atom. The van der Waals surface area contributed by atoms with E-state index in [0.29, 0.717) is 12.3 Å². The van der Waals surface area contributed by atoms with Crippen LogP contribution in [0, 0.1) is 6.92 Å². The third-order valence-electron chi connectivity index (χ3n) is 3.56. The molecule has 2 rings (SSSR count). The van der Waals surface area contributed by atoms with Gasteiger partial charge < -0.3 is 5.32 Å². The molecule has 1 N–H and O–H groups in total. The maximum Gasteiger partial charge on any atom is 0.133 e. The molecule has 1 aromatic rings. The Bertz CT molecular complexity index is 509. The minimum absolute atomic E-state index is 0.150. The standard InChI is InChI=1S/C15H25N3OS/c1-11-17-13-8-6-5-7-12(13)14(18-11)16-9-10-20(19)15(2,3)4/h5-10H2,1-4H3,(H,16,17,18). The lowest BCUT2D eigenvalue weighted by Crippen LogP contribution is -2.27. The van der Waals surface area contributed by atoms with Crippen LogP contribution in [0.3, 0.4) is 0 Å². The van der Waals surface area contributed by atoms with E-state index in [9.17, 15) is 4.21 Å². The first-order valence-corrected chi connectivity index (χ1v) is 8.68. The Morgan fingerprint density at radius 3 is 2.60 bits per heavy atom. The van der Waals surface area contributed by atoms with Gasteiger partial charge in [-0.2, -0.15) is 0 Å². The first kappa shape index (κ1) is 15.4. The zero-order valence-electron chi connectivity index (χ0n) is 13.0. The normalized spacial score (nSPS) is 16.6. The number of rotatable bonds is 4. The van der Waals surface area contributed by atoms with Crippen LogP contribution in [0.5, 0.6) is 0 Å². The summed E-state index contributed by atoms with van der Waals surface area (Å²) in [6, 6.07) is 0. The summed E-state index contributed by atoms with van der Waals surface area (Å²) < 4.78 is 11.9. The Hall–Kier alpha value is -0.970. The van der Waals surface area contributed by atoms with Crippen molar-refractivity contribution in [1.29, 1.82) is 0 Å². The molecule has 0 radical (unpaired) electrons. The lowest BCUT2D eigenvalue weighted by molar-refractivity contribution is 0.648. The van der Waals surface area contributed by atoms with Gasteiger partial charge in [-0.3, -0.25) is 4.21 Å². The summed E-state index contributed by atoms with van der Waals surface area (Å²) in [5, 5.41) is 3.37. The average molecular weight is 295 g/mol. The molecule has 0 aromatic carbocycles. The van der Waals surface area contributed by atoms with Gasteiger partial charge in [0, 0.05) is 39.1 Å². The van der Waals surface area contributed by atoms with E-state index in [4.69, 9.17) is 0 Å². The fourth-order valence-corrected chi connectivity index (χ4v) is 3.33. The topological polar surface area (TPSA) is 54.9 Å². The number of fused-ring (bicyclic) bond motifs is 1. The molecule has 0 spiro atoms. The van der Waals surface area contributed by atoms with Crippen molar-refractivity contribution in [2.75, 3.05) is 17.6 Å². The highest BCUT2D eigenvalue weighted by Crippen LogP contribution is 2.25. The molecular weight excluding hydrogens is 270 g/mol. The van der Waals surface area contributed by atoms with Crippen LogP contribution in [0.1, 0.15) is 50.7 Å². The van der Waals surface area contributed by atoms with Crippen LogP contribution in [0.15, 0.2) is 0 Å². The van der Waals surface area contributed by atoms with Crippen molar-refractivity contribution >= 4 is 16.6 Å². The van der Waals surface area contributed by atoms with Crippen molar-refractivity contribution in [2.45, 2.75) is 58.1 Å². The predicted molar refractivity (Wildman–Crippen MR) is 84.7 cm³/mol. The molecule has 0 saturated heterocycles. The molecule has 1 aliphatic rings. The van der Waals surface area contributed by atoms with Gasteiger partial charge >= 0.3 is 0 Å². The second-order valence-electron chi connectivity index (χ2n) is 6.34. The Labute approximate surface area is 124 Å². The van der Waals surface area contributed by atoms with E-state index >= 15 is 0 Å². The van der Waals surface area contributed by atoms with E-state index in [1.807, 2.05) is 27.7 Å². The van der Waals surface area contributed by atoms with Gasteiger partial charge in [-0.05, 0) is 53.4 Å². The third-order valence-corrected chi connectivity index (χ3v) is 5.50. The van der Waals surface area contributed by atoms with Crippen LogP contribution in [-0.2, 0) is 23.6 Å². The lowest BCUT2D eigenvalue weighted by atomic mass is 9.96. The zero-order valence-corrected chi connectivity index (χ0v) is 13.8. The predicted octanol–water partition coefficient (Wildman–Crippen LogP) is 2.62. The number of nitrogens with zero attached hydrogens (tertiary/aromatic N) is 2. The minimum atomic E-state index is -0.824. The first-order valence-electron chi connectivity index (χ1n) is 7.36. The second-order valence-corrected chi connectivity index (χ2v) is 8.66. The molecule has 1 unspecified atom stereocenters. The second kappa shape index (κ2) is 6.20. The fourth-order valence-electron chi connectivity index (χ4n) is 2.43. The van der Waals surface area contributed by atoms with E-state index in [2.05, 4.69) is 15.3 Å². The van der Waals surface area contributed by atoms with E-state index in [-0.39, 0.29) is 4.75 Å². The van der Waals surface area contributed by atoms with Crippen molar-refractivity contribution in [2.24, 2.45) is 0 Å². The van der Waals surface area contributed by atoms with Gasteiger partial charge in [0.15, 0.2) is 0 Å². The lowest BCUT2D eigenvalue weighted by Gasteiger charge is -2.20. The highest BCUT2D eigenvalue weighted by molar-refractivity contribution is 7.86. The summed E-state index contributed by atoms with van der Waals surface area (Å²) in [5.41, 5.74) is 2.46. The van der Waals surface area contributed by atoms with Crippen molar-refractivity contribution in [3.05, 3.63) is 17.1 Å². The van der Waals surface area contributed by atoms with Crippen molar-refractivity contribution < 1.29 is 4.21 Å². The SMILES string of the molecule is Cc1nc2c(c(NCCS(=O)C(C)(C)C)n1)CCCC2. The van der Waals surface area contributed by atoms with Gasteiger partial charge in [0.05, 0.1) is 0 Å². The molecular formula is C15H25N3OS. The van der Waals surface area contributed by atoms with Gasteiger partial charge in [-0.15, -0.1) is 0 Å². The third kappa shape index (κ3) is 3.78. The largest absolute Gasteiger partial charge is 0.369 e. The van der Waals surface area contributed by atoms with Gasteiger partial charge in [0.25, 0.3) is 0 Å². The number of nitrogens with one attached hydrogen (secondary N) is 1. The van der Waals surface area contributed by atoms with Crippen LogP contribution in [0.4, 0.5) is 5.82 Å². The number of aryl methyl sites for hydroxylation is 2. The highest BCUT2D eigenvalue weighted by atomic mass is 32.2. The van der Waals surface area contributed by atoms with E-state index in [1.165, 1.54) is 24.1 Å². The van der Waals surface area contributed by atoms with E-state index < -0.39 is 10.8 Å². The maximum absolute atomic E-state index is 12.0. The summed E-state index contributed by atoms with van der Waals surface area (Å²) in [4.78, 5) is 9.07. The van der Waals surface area contributed by atoms with Crippen molar-refractivity contribution in [3.8, 4) is 0 Å². The number of anilines is 1. The molecule has 4 nitrogen and oxygen atoms in total. The maximum atomic E-state index is 12.0. The van der Waals surface area contributed by atoms with Crippen LogP contribution in [0.25, 0.3) is 0 Å². The van der Waals surface area contributed by atoms with E-state index in [1.54, 1.807) is 0 Å². The summed E-state index contributed by atoms with van der Waals surface area (Å²) in [6.07, 6.45) is 4.54. The summed E-state index contributed by atoms with van der Waals surface area (Å²) >= 11 is 0. The molecule has 1 atom stereocenters. The molecule has 0 fully saturated rings. The highest BCUT2D eigenvalue weighted by Gasteiger charge is 2.20. The van der Waals surface area contributed by atoms with Crippen LogP contribution < -0.4 is 5.32 Å². The van der Waals surface area contributed by atoms with Crippen molar-refractivity contribution in [1.82, 2.24) is 9.97 Å². The molecule has 1 heterocycles. The summed E-state index contributed by atoms with van der Waals surface area (Å²) in [6.45, 7) is 8.68. The number of hydrogen-bond acceptors (Lipinski definition) is 4. The molecule has 0 bridgehead atoms. The van der Waals surface area contributed by atoms with Gasteiger partial charge in [0.1, 0.15) is 11.6 Å². The number of hydrogen-bond donors (Lipinski definition) is 1. The fraction of sp³-hybridized carbons (Fsp3) is 0.733. The Morgan fingerprint density at radius 2 is 1.90 bits per heavy atom. The van der Waals surface area contributed by atoms with Gasteiger partial charge in [-0.1, -0.05) is 0 Å². The molecule has 5 heteroatoms.